The van der Waals surface area contributed by atoms with Gasteiger partial charge in [0.05, 0.1) is 23.9 Å². The van der Waals surface area contributed by atoms with Crippen LogP contribution in [0.4, 0.5) is 0 Å². The Hall–Kier alpha value is -2.10. The molecule has 1 aromatic carbocycles. The lowest BCUT2D eigenvalue weighted by Gasteiger charge is -2.13. The molecule has 4 heteroatoms. The van der Waals surface area contributed by atoms with Crippen molar-refractivity contribution in [3.05, 3.63) is 35.5 Å². The largest absolute Gasteiger partial charge is 0.497 e. The van der Waals surface area contributed by atoms with Gasteiger partial charge in [-0.2, -0.15) is 0 Å². The molecule has 1 N–H and O–H groups in total. The molecule has 0 aliphatic heterocycles. The van der Waals surface area contributed by atoms with Crippen molar-refractivity contribution in [2.24, 2.45) is 0 Å². The Bertz CT molecular complexity index is 638. The smallest absolute Gasteiger partial charge is 0.253 e. The second-order valence-corrected chi connectivity index (χ2v) is 4.96. The fraction of sp³-hybridized carbons (Fsp3) is 0.375. The van der Waals surface area contributed by atoms with Gasteiger partial charge in [0.25, 0.3) is 5.91 Å². The molecule has 0 radical (unpaired) electrons. The third-order valence-electron chi connectivity index (χ3n) is 3.45. The van der Waals surface area contributed by atoms with Crippen molar-refractivity contribution in [1.82, 2.24) is 10.3 Å². The first kappa shape index (κ1) is 14.3. The number of pyridine rings is 1. The van der Waals surface area contributed by atoms with Gasteiger partial charge in [-0.25, -0.2) is 0 Å². The molecule has 0 aliphatic carbocycles. The van der Waals surface area contributed by atoms with Crippen molar-refractivity contribution < 1.29 is 9.53 Å². The van der Waals surface area contributed by atoms with Crippen LogP contribution in [0.25, 0.3) is 10.9 Å². The maximum Gasteiger partial charge on any atom is 0.253 e. The number of amides is 1. The van der Waals surface area contributed by atoms with Gasteiger partial charge >= 0.3 is 0 Å². The molecular weight excluding hydrogens is 252 g/mol. The van der Waals surface area contributed by atoms with Crippen molar-refractivity contribution >= 4 is 16.8 Å². The van der Waals surface area contributed by atoms with Crippen LogP contribution in [0.5, 0.6) is 5.75 Å². The van der Waals surface area contributed by atoms with E-state index < -0.39 is 0 Å². The summed E-state index contributed by atoms with van der Waals surface area (Å²) in [6.45, 7) is 5.89. The van der Waals surface area contributed by atoms with E-state index in [-0.39, 0.29) is 11.9 Å². The lowest BCUT2D eigenvalue weighted by molar-refractivity contribution is 0.0938. The van der Waals surface area contributed by atoms with Crippen molar-refractivity contribution in [3.8, 4) is 5.75 Å². The SMILES string of the molecule is CC[C@@H](C)NC(=O)c1cc2ccc(OC)cc2nc1C. The summed E-state index contributed by atoms with van der Waals surface area (Å²) in [7, 11) is 1.63. The highest BCUT2D eigenvalue weighted by Gasteiger charge is 2.13. The molecule has 1 aromatic heterocycles. The summed E-state index contributed by atoms with van der Waals surface area (Å²) in [4.78, 5) is 16.7. The first-order valence-electron chi connectivity index (χ1n) is 6.81. The van der Waals surface area contributed by atoms with Crippen LogP contribution in [-0.2, 0) is 0 Å². The van der Waals surface area contributed by atoms with E-state index in [1.54, 1.807) is 7.11 Å². The number of fused-ring (bicyclic) bond motifs is 1. The Labute approximate surface area is 119 Å². The third kappa shape index (κ3) is 2.90. The molecule has 0 saturated heterocycles. The molecule has 0 saturated carbocycles. The van der Waals surface area contributed by atoms with Gasteiger partial charge in [-0.05, 0) is 38.5 Å². The molecule has 1 amide bonds. The molecule has 0 unspecified atom stereocenters. The van der Waals surface area contributed by atoms with Crippen molar-refractivity contribution in [1.29, 1.82) is 0 Å². The molecule has 0 fully saturated rings. The molecule has 0 aliphatic rings. The van der Waals surface area contributed by atoms with Crippen molar-refractivity contribution in [3.63, 3.8) is 0 Å². The summed E-state index contributed by atoms with van der Waals surface area (Å²) in [6.07, 6.45) is 0.906. The van der Waals surface area contributed by atoms with Crippen LogP contribution in [0.3, 0.4) is 0 Å². The Morgan fingerprint density at radius 2 is 2.15 bits per heavy atom. The first-order valence-corrected chi connectivity index (χ1v) is 6.81. The van der Waals surface area contributed by atoms with Gasteiger partial charge < -0.3 is 10.1 Å². The second kappa shape index (κ2) is 5.90. The average molecular weight is 272 g/mol. The van der Waals surface area contributed by atoms with E-state index in [1.165, 1.54) is 0 Å². The zero-order valence-electron chi connectivity index (χ0n) is 12.4. The number of carbonyl (C=O) groups is 1. The molecule has 1 heterocycles. The zero-order valence-corrected chi connectivity index (χ0v) is 12.4. The quantitative estimate of drug-likeness (QED) is 0.930. The number of aromatic nitrogens is 1. The van der Waals surface area contributed by atoms with Crippen molar-refractivity contribution in [2.75, 3.05) is 7.11 Å². The monoisotopic (exact) mass is 272 g/mol. The lowest BCUT2D eigenvalue weighted by atomic mass is 10.1. The molecule has 2 aromatic rings. The summed E-state index contributed by atoms with van der Waals surface area (Å²) in [5, 5.41) is 3.91. The predicted molar refractivity (Wildman–Crippen MR) is 80.3 cm³/mol. The van der Waals surface area contributed by atoms with E-state index >= 15 is 0 Å². The number of ether oxygens (including phenoxy) is 1. The summed E-state index contributed by atoms with van der Waals surface area (Å²) in [5.74, 6) is 0.697. The van der Waals surface area contributed by atoms with Gasteiger partial charge in [0.1, 0.15) is 5.75 Å². The van der Waals surface area contributed by atoms with E-state index in [9.17, 15) is 4.79 Å². The number of nitrogens with one attached hydrogen (secondary N) is 1. The average Bonchev–Trinajstić information content (AvgIpc) is 2.45. The van der Waals surface area contributed by atoms with Gasteiger partial charge in [0.15, 0.2) is 0 Å². The van der Waals surface area contributed by atoms with Crippen LogP contribution in [0, 0.1) is 6.92 Å². The minimum Gasteiger partial charge on any atom is -0.497 e. The Kier molecular flexibility index (Phi) is 4.23. The Balaban J connectivity index is 2.40. The molecule has 1 atom stereocenters. The highest BCUT2D eigenvalue weighted by molar-refractivity contribution is 5.98. The van der Waals surface area contributed by atoms with Gasteiger partial charge in [0.2, 0.25) is 0 Å². The normalized spacial score (nSPS) is 12.2. The summed E-state index contributed by atoms with van der Waals surface area (Å²) >= 11 is 0. The van der Waals surface area contributed by atoms with Gasteiger partial charge in [-0.3, -0.25) is 9.78 Å². The summed E-state index contributed by atoms with van der Waals surface area (Å²) < 4.78 is 5.19. The van der Waals surface area contributed by atoms with Crippen molar-refractivity contribution in [2.45, 2.75) is 33.2 Å². The van der Waals surface area contributed by atoms with E-state index in [0.29, 0.717) is 5.56 Å². The Morgan fingerprint density at radius 3 is 2.80 bits per heavy atom. The highest BCUT2D eigenvalue weighted by Crippen LogP contribution is 2.21. The zero-order chi connectivity index (χ0) is 14.7. The minimum atomic E-state index is -0.0675. The fourth-order valence-corrected chi connectivity index (χ4v) is 2.00. The highest BCUT2D eigenvalue weighted by atomic mass is 16.5. The number of rotatable bonds is 4. The molecule has 20 heavy (non-hydrogen) atoms. The van der Waals surface area contributed by atoms with E-state index in [1.807, 2.05) is 45.0 Å². The van der Waals surface area contributed by atoms with Crippen LogP contribution in [-0.4, -0.2) is 24.0 Å². The van der Waals surface area contributed by atoms with Gasteiger partial charge in [-0.15, -0.1) is 0 Å². The predicted octanol–water partition coefficient (Wildman–Crippen LogP) is 3.08. The van der Waals surface area contributed by atoms with E-state index in [2.05, 4.69) is 10.3 Å². The van der Waals surface area contributed by atoms with Crippen LogP contribution in [0.15, 0.2) is 24.3 Å². The number of carbonyl (C=O) groups excluding carboxylic acids is 1. The summed E-state index contributed by atoms with van der Waals surface area (Å²) in [5.41, 5.74) is 2.19. The fourth-order valence-electron chi connectivity index (χ4n) is 2.00. The van der Waals surface area contributed by atoms with E-state index in [0.717, 1.165) is 28.8 Å². The molecular formula is C16H20N2O2. The molecule has 106 valence electrons. The molecule has 4 nitrogen and oxygen atoms in total. The third-order valence-corrected chi connectivity index (χ3v) is 3.45. The maximum atomic E-state index is 12.2. The van der Waals surface area contributed by atoms with Crippen LogP contribution in [0.1, 0.15) is 36.3 Å². The van der Waals surface area contributed by atoms with Gasteiger partial charge in [0, 0.05) is 17.5 Å². The van der Waals surface area contributed by atoms with Crippen LogP contribution in [0.2, 0.25) is 0 Å². The number of hydrogen-bond donors (Lipinski definition) is 1. The van der Waals surface area contributed by atoms with Crippen LogP contribution >= 0.6 is 0 Å². The number of hydrogen-bond acceptors (Lipinski definition) is 3. The first-order chi connectivity index (χ1) is 9.55. The molecule has 2 rings (SSSR count). The maximum absolute atomic E-state index is 12.2. The second-order valence-electron chi connectivity index (χ2n) is 4.96. The standard InChI is InChI=1S/C16H20N2O2/c1-5-10(2)17-16(19)14-8-12-6-7-13(20-4)9-15(12)18-11(14)3/h6-10H,5H2,1-4H3,(H,17,19)/t10-/m1/s1. The lowest BCUT2D eigenvalue weighted by Crippen LogP contribution is -2.32. The van der Waals surface area contributed by atoms with Crippen LogP contribution < -0.4 is 10.1 Å². The molecule has 0 spiro atoms. The number of methoxy groups -OCH3 is 1. The number of benzene rings is 1. The number of nitrogens with zero attached hydrogens (tertiary/aromatic N) is 1. The number of aryl methyl sites for hydroxylation is 1. The Morgan fingerprint density at radius 1 is 1.40 bits per heavy atom. The van der Waals surface area contributed by atoms with Gasteiger partial charge in [-0.1, -0.05) is 6.92 Å². The minimum absolute atomic E-state index is 0.0675. The topological polar surface area (TPSA) is 51.2 Å². The molecule has 0 bridgehead atoms. The summed E-state index contributed by atoms with van der Waals surface area (Å²) in [6, 6.07) is 7.71. The van der Waals surface area contributed by atoms with E-state index in [4.69, 9.17) is 4.74 Å².